The van der Waals surface area contributed by atoms with Gasteiger partial charge in [-0.2, -0.15) is 5.10 Å². The van der Waals surface area contributed by atoms with Gasteiger partial charge in [-0.1, -0.05) is 30.3 Å². The van der Waals surface area contributed by atoms with Gasteiger partial charge in [-0.3, -0.25) is 14.4 Å². The van der Waals surface area contributed by atoms with E-state index in [0.717, 1.165) is 37.2 Å². The van der Waals surface area contributed by atoms with Crippen molar-refractivity contribution in [2.75, 3.05) is 13.1 Å². The lowest BCUT2D eigenvalue weighted by Gasteiger charge is -2.15. The van der Waals surface area contributed by atoms with Crippen LogP contribution < -0.4 is 10.7 Å². The molecule has 1 N–H and O–H groups in total. The number of carbonyl (C=O) groups excluding carboxylic acids is 2. The molecule has 1 aliphatic heterocycles. The van der Waals surface area contributed by atoms with Crippen LogP contribution in [-0.4, -0.2) is 39.6 Å². The van der Waals surface area contributed by atoms with Crippen LogP contribution in [0.25, 0.3) is 5.69 Å². The van der Waals surface area contributed by atoms with Crippen molar-refractivity contribution in [3.05, 3.63) is 93.4 Å². The molecular formula is C24H24N4O3. The third-order valence-corrected chi connectivity index (χ3v) is 5.37. The molecule has 2 aromatic carbocycles. The average molecular weight is 416 g/mol. The summed E-state index contributed by atoms with van der Waals surface area (Å²) in [6.45, 7) is 3.62. The van der Waals surface area contributed by atoms with Crippen LogP contribution in [-0.2, 0) is 6.54 Å². The molecule has 1 fully saturated rings. The molecule has 0 bridgehead atoms. The summed E-state index contributed by atoms with van der Waals surface area (Å²) < 4.78 is 1.58. The molecule has 2 amide bonds. The average Bonchev–Trinajstić information content (AvgIpc) is 3.33. The molecule has 7 heteroatoms. The predicted octanol–water partition coefficient (Wildman–Crippen LogP) is 2.71. The van der Waals surface area contributed by atoms with Crippen LogP contribution >= 0.6 is 0 Å². The molecule has 0 spiro atoms. The Hall–Kier alpha value is -3.74. The second-order valence-corrected chi connectivity index (χ2v) is 7.62. The highest BCUT2D eigenvalue weighted by Crippen LogP contribution is 2.14. The van der Waals surface area contributed by atoms with E-state index < -0.39 is 11.3 Å². The summed E-state index contributed by atoms with van der Waals surface area (Å²) >= 11 is 0. The van der Waals surface area contributed by atoms with Gasteiger partial charge < -0.3 is 10.2 Å². The lowest BCUT2D eigenvalue weighted by molar-refractivity contribution is 0.0792. The Bertz CT molecular complexity index is 1150. The first-order valence-electron chi connectivity index (χ1n) is 10.4. The number of hydrogen-bond acceptors (Lipinski definition) is 4. The number of likely N-dealkylation sites (tertiary alicyclic amines) is 1. The summed E-state index contributed by atoms with van der Waals surface area (Å²) in [5.74, 6) is -0.495. The maximum absolute atomic E-state index is 12.6. The van der Waals surface area contributed by atoms with E-state index in [1.165, 1.54) is 6.07 Å². The van der Waals surface area contributed by atoms with Gasteiger partial charge in [0.05, 0.1) is 5.69 Å². The molecule has 1 aliphatic rings. The van der Waals surface area contributed by atoms with Gasteiger partial charge in [-0.25, -0.2) is 4.68 Å². The highest BCUT2D eigenvalue weighted by molar-refractivity contribution is 5.94. The van der Waals surface area contributed by atoms with Crippen molar-refractivity contribution in [1.82, 2.24) is 20.0 Å². The maximum Gasteiger partial charge on any atom is 0.276 e. The Morgan fingerprint density at radius 3 is 2.35 bits per heavy atom. The zero-order chi connectivity index (χ0) is 21.8. The second-order valence-electron chi connectivity index (χ2n) is 7.62. The second kappa shape index (κ2) is 8.95. The number of carbonyl (C=O) groups is 2. The van der Waals surface area contributed by atoms with Gasteiger partial charge in [0.1, 0.15) is 0 Å². The van der Waals surface area contributed by atoms with Gasteiger partial charge in [-0.15, -0.1) is 0 Å². The minimum atomic E-state index is -0.535. The Kier molecular flexibility index (Phi) is 5.93. The van der Waals surface area contributed by atoms with Gasteiger partial charge in [0, 0.05) is 37.0 Å². The first kappa shape index (κ1) is 20.5. The number of nitrogens with zero attached hydrogens (tertiary/aromatic N) is 3. The highest BCUT2D eigenvalue weighted by atomic mass is 16.2. The van der Waals surface area contributed by atoms with E-state index in [0.29, 0.717) is 11.3 Å². The molecule has 0 saturated carbocycles. The maximum atomic E-state index is 12.6. The Balaban J connectivity index is 1.45. The SMILES string of the molecule is Cc1cc(=O)c(C(=O)NCc2ccc(C(=O)N3CCCC3)cc2)nn1-c1ccccc1. The lowest BCUT2D eigenvalue weighted by atomic mass is 10.1. The van der Waals surface area contributed by atoms with Crippen molar-refractivity contribution in [3.8, 4) is 5.69 Å². The van der Waals surface area contributed by atoms with Crippen LogP contribution in [0, 0.1) is 6.92 Å². The van der Waals surface area contributed by atoms with E-state index in [9.17, 15) is 14.4 Å². The largest absolute Gasteiger partial charge is 0.346 e. The fourth-order valence-electron chi connectivity index (χ4n) is 3.67. The minimum Gasteiger partial charge on any atom is -0.346 e. The molecule has 1 aromatic heterocycles. The number of para-hydroxylation sites is 1. The molecule has 3 aromatic rings. The van der Waals surface area contributed by atoms with Gasteiger partial charge in [0.15, 0.2) is 5.69 Å². The van der Waals surface area contributed by atoms with Crippen molar-refractivity contribution in [2.24, 2.45) is 0 Å². The molecule has 0 atom stereocenters. The molecule has 7 nitrogen and oxygen atoms in total. The van der Waals surface area contributed by atoms with E-state index in [4.69, 9.17) is 0 Å². The third-order valence-electron chi connectivity index (χ3n) is 5.37. The topological polar surface area (TPSA) is 84.3 Å². The van der Waals surface area contributed by atoms with E-state index in [2.05, 4.69) is 10.4 Å². The molecule has 0 unspecified atom stereocenters. The van der Waals surface area contributed by atoms with E-state index in [1.54, 1.807) is 23.7 Å². The van der Waals surface area contributed by atoms with Crippen LogP contribution in [0.4, 0.5) is 0 Å². The van der Waals surface area contributed by atoms with Crippen molar-refractivity contribution < 1.29 is 9.59 Å². The normalized spacial score (nSPS) is 13.3. The number of nitrogens with one attached hydrogen (secondary N) is 1. The summed E-state index contributed by atoms with van der Waals surface area (Å²) in [7, 11) is 0. The quantitative estimate of drug-likeness (QED) is 0.693. The van der Waals surface area contributed by atoms with Crippen molar-refractivity contribution in [2.45, 2.75) is 26.3 Å². The zero-order valence-corrected chi connectivity index (χ0v) is 17.4. The first-order valence-corrected chi connectivity index (χ1v) is 10.4. The Morgan fingerprint density at radius 1 is 1.00 bits per heavy atom. The number of aromatic nitrogens is 2. The molecular weight excluding hydrogens is 392 g/mol. The van der Waals surface area contributed by atoms with Crippen LogP contribution in [0.3, 0.4) is 0 Å². The van der Waals surface area contributed by atoms with Crippen molar-refractivity contribution >= 4 is 11.8 Å². The molecule has 0 radical (unpaired) electrons. The molecule has 158 valence electrons. The summed E-state index contributed by atoms with van der Waals surface area (Å²) in [6, 6.07) is 17.9. The summed E-state index contributed by atoms with van der Waals surface area (Å²) in [5.41, 5.74) is 2.31. The standard InChI is InChI=1S/C24H24N4O3/c1-17-15-21(29)22(26-28(17)20-7-3-2-4-8-20)23(30)25-16-18-9-11-19(12-10-18)24(31)27-13-5-6-14-27/h2-4,7-12,15H,5-6,13-14,16H2,1H3,(H,25,30). The number of amides is 2. The van der Waals surface area contributed by atoms with Gasteiger partial charge in [0.2, 0.25) is 5.43 Å². The van der Waals surface area contributed by atoms with Gasteiger partial charge >= 0.3 is 0 Å². The molecule has 2 heterocycles. The number of rotatable bonds is 5. The van der Waals surface area contributed by atoms with Crippen molar-refractivity contribution in [3.63, 3.8) is 0 Å². The number of aryl methyl sites for hydroxylation is 1. The summed E-state index contributed by atoms with van der Waals surface area (Å²) in [6.07, 6.45) is 2.10. The van der Waals surface area contributed by atoms with E-state index in [-0.39, 0.29) is 18.1 Å². The lowest BCUT2D eigenvalue weighted by Crippen LogP contribution is -2.31. The smallest absolute Gasteiger partial charge is 0.276 e. The number of benzene rings is 2. The summed E-state index contributed by atoms with van der Waals surface area (Å²) in [5, 5.41) is 7.03. The summed E-state index contributed by atoms with van der Waals surface area (Å²) in [4.78, 5) is 39.3. The third kappa shape index (κ3) is 4.55. The monoisotopic (exact) mass is 416 g/mol. The van der Waals surface area contributed by atoms with Crippen LogP contribution in [0.2, 0.25) is 0 Å². The molecule has 31 heavy (non-hydrogen) atoms. The van der Waals surface area contributed by atoms with Crippen LogP contribution in [0.5, 0.6) is 0 Å². The van der Waals surface area contributed by atoms with Gasteiger partial charge in [0.25, 0.3) is 11.8 Å². The fraction of sp³-hybridized carbons (Fsp3) is 0.250. The van der Waals surface area contributed by atoms with Crippen LogP contribution in [0.15, 0.2) is 65.5 Å². The van der Waals surface area contributed by atoms with E-state index >= 15 is 0 Å². The number of hydrogen-bond donors (Lipinski definition) is 1. The molecule has 4 rings (SSSR count). The Labute approximate surface area is 180 Å². The van der Waals surface area contributed by atoms with E-state index in [1.807, 2.05) is 47.4 Å². The molecule has 0 aliphatic carbocycles. The molecule has 1 saturated heterocycles. The first-order chi connectivity index (χ1) is 15.0. The Morgan fingerprint density at radius 2 is 1.68 bits per heavy atom. The fourth-order valence-corrected chi connectivity index (χ4v) is 3.67. The minimum absolute atomic E-state index is 0.0402. The highest BCUT2D eigenvalue weighted by Gasteiger charge is 2.19. The van der Waals surface area contributed by atoms with Crippen LogP contribution in [0.1, 0.15) is 44.9 Å². The van der Waals surface area contributed by atoms with Gasteiger partial charge in [-0.05, 0) is 49.6 Å². The van der Waals surface area contributed by atoms with Crippen molar-refractivity contribution in [1.29, 1.82) is 0 Å². The predicted molar refractivity (Wildman–Crippen MR) is 117 cm³/mol. The zero-order valence-electron chi connectivity index (χ0n) is 17.4.